The largest absolute Gasteiger partial charge is 0.480 e. The average Bonchev–Trinajstić information content (AvgIpc) is 2.37. The minimum atomic E-state index is -1.18. The molecule has 0 saturated heterocycles. The molecule has 19 heavy (non-hydrogen) atoms. The highest BCUT2D eigenvalue weighted by Gasteiger charge is 2.19. The number of rotatable bonds is 6. The Morgan fingerprint density at radius 3 is 2.53 bits per heavy atom. The van der Waals surface area contributed by atoms with E-state index in [0.29, 0.717) is 5.56 Å². The Balaban J connectivity index is 2.42. The number of urea groups is 1. The molecule has 0 saturated carbocycles. The van der Waals surface area contributed by atoms with Crippen LogP contribution in [0, 0.1) is 5.82 Å². The number of carbonyl (C=O) groups excluding carboxylic acids is 1. The molecule has 1 aromatic rings. The first-order valence-electron chi connectivity index (χ1n) is 5.53. The number of hydrogen-bond acceptors (Lipinski definition) is 3. The van der Waals surface area contributed by atoms with Crippen LogP contribution in [0.25, 0.3) is 0 Å². The van der Waals surface area contributed by atoms with Crippen molar-refractivity contribution >= 4 is 12.0 Å². The lowest BCUT2D eigenvalue weighted by Gasteiger charge is -2.14. The second kappa shape index (κ2) is 7.32. The van der Waals surface area contributed by atoms with Crippen LogP contribution in [0.3, 0.4) is 0 Å². The van der Waals surface area contributed by atoms with Crippen LogP contribution in [0.4, 0.5) is 9.18 Å². The van der Waals surface area contributed by atoms with Gasteiger partial charge in [-0.2, -0.15) is 0 Å². The molecule has 1 unspecified atom stereocenters. The molecule has 3 N–H and O–H groups in total. The number of amides is 2. The molecule has 1 rings (SSSR count). The standard InChI is InChI=1S/C12H15FN2O4/c1-19-7-10(11(16)17)15-12(18)14-6-8-2-4-9(13)5-3-8/h2-5,10H,6-7H2,1H3,(H,16,17)(H2,14,15,18). The molecule has 0 aliphatic carbocycles. The minimum absolute atomic E-state index is 0.126. The summed E-state index contributed by atoms with van der Waals surface area (Å²) in [5.74, 6) is -1.54. The molecule has 104 valence electrons. The van der Waals surface area contributed by atoms with Gasteiger partial charge in [0.05, 0.1) is 6.61 Å². The van der Waals surface area contributed by atoms with Gasteiger partial charge in [0.25, 0.3) is 0 Å². The Morgan fingerprint density at radius 2 is 2.00 bits per heavy atom. The van der Waals surface area contributed by atoms with Gasteiger partial charge in [0, 0.05) is 13.7 Å². The lowest BCUT2D eigenvalue weighted by atomic mass is 10.2. The van der Waals surface area contributed by atoms with Gasteiger partial charge in [0.2, 0.25) is 0 Å². The van der Waals surface area contributed by atoms with Crippen LogP contribution in [0.5, 0.6) is 0 Å². The molecule has 0 heterocycles. The molecule has 1 atom stereocenters. The zero-order chi connectivity index (χ0) is 14.3. The zero-order valence-corrected chi connectivity index (χ0v) is 10.4. The summed E-state index contributed by atoms with van der Waals surface area (Å²) in [6.45, 7) is 0.0464. The smallest absolute Gasteiger partial charge is 0.328 e. The van der Waals surface area contributed by atoms with Crippen LogP contribution < -0.4 is 10.6 Å². The summed E-state index contributed by atoms with van der Waals surface area (Å²) >= 11 is 0. The molecule has 2 amide bonds. The summed E-state index contributed by atoms with van der Waals surface area (Å²) in [6.07, 6.45) is 0. The molecule has 0 aliphatic rings. The van der Waals surface area contributed by atoms with Crippen LogP contribution in [-0.2, 0) is 16.1 Å². The fraction of sp³-hybridized carbons (Fsp3) is 0.333. The van der Waals surface area contributed by atoms with Crippen molar-refractivity contribution in [2.45, 2.75) is 12.6 Å². The molecule has 7 heteroatoms. The normalized spacial score (nSPS) is 11.7. The van der Waals surface area contributed by atoms with E-state index in [1.54, 1.807) is 0 Å². The van der Waals surface area contributed by atoms with Crippen molar-refractivity contribution in [3.63, 3.8) is 0 Å². The first-order chi connectivity index (χ1) is 9.02. The van der Waals surface area contributed by atoms with Crippen LogP contribution in [0.1, 0.15) is 5.56 Å². The SMILES string of the molecule is COCC(NC(=O)NCc1ccc(F)cc1)C(=O)O. The van der Waals surface area contributed by atoms with Crippen LogP contribution in [0.15, 0.2) is 24.3 Å². The van der Waals surface area contributed by atoms with Gasteiger partial charge < -0.3 is 20.5 Å². The first kappa shape index (κ1) is 14.9. The summed E-state index contributed by atoms with van der Waals surface area (Å²) in [7, 11) is 1.34. The summed E-state index contributed by atoms with van der Waals surface area (Å²) in [5.41, 5.74) is 0.704. The van der Waals surface area contributed by atoms with E-state index < -0.39 is 18.0 Å². The molecule has 1 aromatic carbocycles. The fourth-order valence-electron chi connectivity index (χ4n) is 1.34. The maximum Gasteiger partial charge on any atom is 0.328 e. The highest BCUT2D eigenvalue weighted by Crippen LogP contribution is 2.01. The quantitative estimate of drug-likeness (QED) is 0.711. The van der Waals surface area contributed by atoms with Crippen molar-refractivity contribution < 1.29 is 23.8 Å². The lowest BCUT2D eigenvalue weighted by molar-refractivity contribution is -0.140. The van der Waals surface area contributed by atoms with Gasteiger partial charge in [-0.1, -0.05) is 12.1 Å². The molecule has 0 fully saturated rings. The predicted octanol–water partition coefficient (Wildman–Crippen LogP) is 0.724. The van der Waals surface area contributed by atoms with Gasteiger partial charge in [-0.05, 0) is 17.7 Å². The van der Waals surface area contributed by atoms with E-state index in [2.05, 4.69) is 15.4 Å². The molecular weight excluding hydrogens is 255 g/mol. The number of benzene rings is 1. The van der Waals surface area contributed by atoms with E-state index in [0.717, 1.165) is 0 Å². The van der Waals surface area contributed by atoms with E-state index in [-0.39, 0.29) is 19.0 Å². The topological polar surface area (TPSA) is 87.7 Å². The Bertz CT molecular complexity index is 436. The van der Waals surface area contributed by atoms with Gasteiger partial charge in [0.1, 0.15) is 5.82 Å². The molecule has 0 radical (unpaired) electrons. The Morgan fingerprint density at radius 1 is 1.37 bits per heavy atom. The van der Waals surface area contributed by atoms with Gasteiger partial charge in [-0.3, -0.25) is 0 Å². The zero-order valence-electron chi connectivity index (χ0n) is 10.4. The van der Waals surface area contributed by atoms with Gasteiger partial charge in [0.15, 0.2) is 6.04 Å². The highest BCUT2D eigenvalue weighted by atomic mass is 19.1. The number of hydrogen-bond donors (Lipinski definition) is 3. The van der Waals surface area contributed by atoms with Crippen molar-refractivity contribution in [3.8, 4) is 0 Å². The van der Waals surface area contributed by atoms with Crippen molar-refractivity contribution in [2.75, 3.05) is 13.7 Å². The maximum absolute atomic E-state index is 12.7. The molecule has 0 bridgehead atoms. The Kier molecular flexibility index (Phi) is 5.74. The van der Waals surface area contributed by atoms with Crippen molar-refractivity contribution in [2.24, 2.45) is 0 Å². The third kappa shape index (κ3) is 5.35. The summed E-state index contributed by atoms with van der Waals surface area (Å²) in [4.78, 5) is 22.2. The third-order valence-electron chi connectivity index (χ3n) is 2.30. The third-order valence-corrected chi connectivity index (χ3v) is 2.30. The van der Waals surface area contributed by atoms with Crippen LogP contribution in [-0.4, -0.2) is 36.9 Å². The highest BCUT2D eigenvalue weighted by molar-refractivity contribution is 5.82. The number of carbonyl (C=O) groups is 2. The molecule has 0 spiro atoms. The first-order valence-corrected chi connectivity index (χ1v) is 5.53. The molecule has 0 aromatic heterocycles. The summed E-state index contributed by atoms with van der Waals surface area (Å²) in [5, 5.41) is 13.5. The van der Waals surface area contributed by atoms with E-state index >= 15 is 0 Å². The summed E-state index contributed by atoms with van der Waals surface area (Å²) in [6, 6.07) is 3.87. The van der Waals surface area contributed by atoms with E-state index in [1.165, 1.54) is 31.4 Å². The molecular formula is C12H15FN2O4. The van der Waals surface area contributed by atoms with Crippen LogP contribution >= 0.6 is 0 Å². The minimum Gasteiger partial charge on any atom is -0.480 e. The van der Waals surface area contributed by atoms with Crippen molar-refractivity contribution in [1.29, 1.82) is 0 Å². The number of halogens is 1. The monoisotopic (exact) mass is 270 g/mol. The lowest BCUT2D eigenvalue weighted by Crippen LogP contribution is -2.48. The maximum atomic E-state index is 12.7. The second-order valence-electron chi connectivity index (χ2n) is 3.80. The van der Waals surface area contributed by atoms with Crippen molar-refractivity contribution in [1.82, 2.24) is 10.6 Å². The fourth-order valence-corrected chi connectivity index (χ4v) is 1.34. The summed E-state index contributed by atoms with van der Waals surface area (Å²) < 4.78 is 17.3. The van der Waals surface area contributed by atoms with Gasteiger partial charge in [-0.15, -0.1) is 0 Å². The van der Waals surface area contributed by atoms with E-state index in [4.69, 9.17) is 5.11 Å². The Hall–Kier alpha value is -2.15. The average molecular weight is 270 g/mol. The number of methoxy groups -OCH3 is 1. The van der Waals surface area contributed by atoms with Crippen LogP contribution in [0.2, 0.25) is 0 Å². The molecule has 6 nitrogen and oxygen atoms in total. The van der Waals surface area contributed by atoms with Crippen molar-refractivity contribution in [3.05, 3.63) is 35.6 Å². The number of ether oxygens (including phenoxy) is 1. The number of aliphatic carboxylic acids is 1. The number of nitrogens with one attached hydrogen (secondary N) is 2. The van der Waals surface area contributed by atoms with E-state index in [1.807, 2.05) is 0 Å². The van der Waals surface area contributed by atoms with Gasteiger partial charge in [-0.25, -0.2) is 14.0 Å². The Labute approximate surface area is 109 Å². The van der Waals surface area contributed by atoms with Gasteiger partial charge >= 0.3 is 12.0 Å². The second-order valence-corrected chi connectivity index (χ2v) is 3.80. The molecule has 0 aliphatic heterocycles. The predicted molar refractivity (Wildman–Crippen MR) is 65.1 cm³/mol. The number of carboxylic acid groups (broad SMARTS) is 1. The number of carboxylic acids is 1. The van der Waals surface area contributed by atoms with E-state index in [9.17, 15) is 14.0 Å².